The van der Waals surface area contributed by atoms with E-state index in [1.54, 1.807) is 36.4 Å². The van der Waals surface area contributed by atoms with E-state index in [1.165, 1.54) is 0 Å². The number of hydrogen-bond acceptors (Lipinski definition) is 5. The molecule has 3 N–H and O–H groups in total. The van der Waals surface area contributed by atoms with Crippen molar-refractivity contribution < 1.29 is 14.3 Å². The van der Waals surface area contributed by atoms with Gasteiger partial charge in [-0.1, -0.05) is 23.7 Å². The fourth-order valence-electron chi connectivity index (χ4n) is 2.43. The third-order valence-corrected chi connectivity index (χ3v) is 3.85. The molecule has 0 fully saturated rings. The summed E-state index contributed by atoms with van der Waals surface area (Å²) in [7, 11) is 0. The van der Waals surface area contributed by atoms with Gasteiger partial charge in [0.25, 0.3) is 0 Å². The van der Waals surface area contributed by atoms with Crippen molar-refractivity contribution in [3.63, 3.8) is 0 Å². The Hall–Kier alpha value is -2.91. The zero-order valence-corrected chi connectivity index (χ0v) is 13.3. The van der Waals surface area contributed by atoms with Crippen molar-refractivity contribution in [3.8, 4) is 17.6 Å². The largest absolute Gasteiger partial charge is 0.486 e. The molecule has 1 aliphatic heterocycles. The summed E-state index contributed by atoms with van der Waals surface area (Å²) in [6, 6.07) is 11.2. The highest BCUT2D eigenvalue weighted by Gasteiger charge is 2.21. The first-order valence-electron chi connectivity index (χ1n) is 7.23. The van der Waals surface area contributed by atoms with E-state index in [1.807, 2.05) is 6.07 Å². The lowest BCUT2D eigenvalue weighted by molar-refractivity contribution is -0.118. The van der Waals surface area contributed by atoms with Gasteiger partial charge in [0.1, 0.15) is 19.3 Å². The topological polar surface area (TPSA) is 97.4 Å². The molecule has 1 heterocycles. The first kappa shape index (κ1) is 16.0. The molecule has 0 radical (unpaired) electrons. The number of nitriles is 1. The minimum Gasteiger partial charge on any atom is -0.486 e. The lowest BCUT2D eigenvalue weighted by Crippen LogP contribution is -2.27. The van der Waals surface area contributed by atoms with E-state index >= 15 is 0 Å². The van der Waals surface area contributed by atoms with Crippen molar-refractivity contribution >= 4 is 23.2 Å². The molecule has 1 unspecified atom stereocenters. The summed E-state index contributed by atoms with van der Waals surface area (Å²) in [6.45, 7) is 0.871. The van der Waals surface area contributed by atoms with Crippen LogP contribution in [-0.2, 0) is 4.79 Å². The van der Waals surface area contributed by atoms with Crippen LogP contribution in [0, 0.1) is 11.3 Å². The zero-order valence-electron chi connectivity index (χ0n) is 12.6. The van der Waals surface area contributed by atoms with E-state index in [0.29, 0.717) is 46.5 Å². The Kier molecular flexibility index (Phi) is 4.45. The minimum absolute atomic E-state index is 0.387. The number of ether oxygens (including phenoxy) is 2. The van der Waals surface area contributed by atoms with Crippen LogP contribution in [0.1, 0.15) is 17.2 Å². The van der Waals surface area contributed by atoms with Gasteiger partial charge in [0.15, 0.2) is 11.5 Å². The van der Waals surface area contributed by atoms with Gasteiger partial charge in [-0.3, -0.25) is 4.79 Å². The maximum absolute atomic E-state index is 11.8. The van der Waals surface area contributed by atoms with Crippen molar-refractivity contribution in [2.45, 2.75) is 6.04 Å². The highest BCUT2D eigenvalue weighted by atomic mass is 35.5. The smallest absolute Gasteiger partial charge is 0.244 e. The quantitative estimate of drug-likeness (QED) is 0.889. The SMILES string of the molecule is N#Cc1ccc(C(Nc2cc(Cl)c3c(c2)OCCO3)C(N)=O)cc1. The number of carbonyl (C=O) groups is 1. The molecule has 0 bridgehead atoms. The van der Waals surface area contributed by atoms with Gasteiger partial charge >= 0.3 is 0 Å². The number of benzene rings is 2. The Morgan fingerprint density at radius 1 is 1.25 bits per heavy atom. The van der Waals surface area contributed by atoms with Gasteiger partial charge in [0.2, 0.25) is 5.91 Å². The van der Waals surface area contributed by atoms with Crippen molar-refractivity contribution in [3.05, 3.63) is 52.5 Å². The average molecular weight is 344 g/mol. The third-order valence-electron chi connectivity index (χ3n) is 3.57. The van der Waals surface area contributed by atoms with E-state index < -0.39 is 11.9 Å². The normalized spacial score (nSPS) is 13.7. The first-order chi connectivity index (χ1) is 11.6. The van der Waals surface area contributed by atoms with Crippen LogP contribution < -0.4 is 20.5 Å². The van der Waals surface area contributed by atoms with Gasteiger partial charge in [0, 0.05) is 11.8 Å². The molecule has 1 amide bonds. The number of halogens is 1. The zero-order chi connectivity index (χ0) is 17.1. The van der Waals surface area contributed by atoms with E-state index in [0.717, 1.165) is 0 Å². The molecular formula is C17H14ClN3O3. The van der Waals surface area contributed by atoms with E-state index in [2.05, 4.69) is 5.32 Å². The number of hydrogen-bond donors (Lipinski definition) is 2. The number of fused-ring (bicyclic) bond motifs is 1. The molecule has 0 aliphatic carbocycles. The Morgan fingerprint density at radius 3 is 2.62 bits per heavy atom. The lowest BCUT2D eigenvalue weighted by atomic mass is 10.0. The third kappa shape index (κ3) is 3.21. The standard InChI is InChI=1S/C17H14ClN3O3/c18-13-7-12(8-14-16(13)24-6-5-23-14)21-15(17(20)22)11-3-1-10(9-19)2-4-11/h1-4,7-8,15,21H,5-6H2,(H2,20,22). The summed E-state index contributed by atoms with van der Waals surface area (Å²) in [4.78, 5) is 11.8. The Labute approximate surface area is 143 Å². The van der Waals surface area contributed by atoms with Gasteiger partial charge in [-0.15, -0.1) is 0 Å². The molecule has 1 atom stereocenters. The predicted molar refractivity (Wildman–Crippen MR) is 89.2 cm³/mol. The monoisotopic (exact) mass is 343 g/mol. The molecule has 0 aromatic heterocycles. The number of nitrogens with zero attached hydrogens (tertiary/aromatic N) is 1. The second-order valence-corrected chi connectivity index (χ2v) is 5.60. The number of anilines is 1. The molecule has 2 aromatic carbocycles. The molecule has 0 saturated carbocycles. The van der Waals surface area contributed by atoms with Crippen molar-refractivity contribution in [2.24, 2.45) is 5.73 Å². The molecule has 1 aliphatic rings. The Balaban J connectivity index is 1.90. The van der Waals surface area contributed by atoms with Gasteiger partial charge in [-0.25, -0.2) is 0 Å². The summed E-state index contributed by atoms with van der Waals surface area (Å²) in [6.07, 6.45) is 0. The fourth-order valence-corrected chi connectivity index (χ4v) is 2.69. The van der Waals surface area contributed by atoms with Crippen LogP contribution in [0.4, 0.5) is 5.69 Å². The Bertz CT molecular complexity index is 815. The minimum atomic E-state index is -0.767. The number of nitrogens with two attached hydrogens (primary N) is 1. The molecule has 6 nitrogen and oxygen atoms in total. The predicted octanol–water partition coefficient (Wildman–Crippen LogP) is 2.62. The number of rotatable bonds is 4. The second kappa shape index (κ2) is 6.69. The molecule has 0 saturated heterocycles. The highest BCUT2D eigenvalue weighted by Crippen LogP contribution is 2.40. The summed E-state index contributed by atoms with van der Waals surface area (Å²) in [5.74, 6) is 0.451. The van der Waals surface area contributed by atoms with Crippen molar-refractivity contribution in [1.82, 2.24) is 0 Å². The molecular weight excluding hydrogens is 330 g/mol. The first-order valence-corrected chi connectivity index (χ1v) is 7.61. The number of carbonyl (C=O) groups excluding carboxylic acids is 1. The van der Waals surface area contributed by atoms with E-state index in [4.69, 9.17) is 32.1 Å². The van der Waals surface area contributed by atoms with Crippen molar-refractivity contribution in [2.75, 3.05) is 18.5 Å². The number of primary amides is 1. The fraction of sp³-hybridized carbons (Fsp3) is 0.176. The van der Waals surface area contributed by atoms with Crippen LogP contribution >= 0.6 is 11.6 Å². The molecule has 7 heteroatoms. The summed E-state index contributed by atoms with van der Waals surface area (Å²) in [5, 5.41) is 12.3. The van der Waals surface area contributed by atoms with Crippen LogP contribution in [0.5, 0.6) is 11.5 Å². The van der Waals surface area contributed by atoms with Crippen LogP contribution in [0.25, 0.3) is 0 Å². The highest BCUT2D eigenvalue weighted by molar-refractivity contribution is 6.32. The summed E-state index contributed by atoms with van der Waals surface area (Å²) in [5.41, 5.74) is 7.24. The average Bonchev–Trinajstić information content (AvgIpc) is 2.60. The van der Waals surface area contributed by atoms with Gasteiger partial charge < -0.3 is 20.5 Å². The van der Waals surface area contributed by atoms with E-state index in [9.17, 15) is 4.79 Å². The second-order valence-electron chi connectivity index (χ2n) is 5.20. The van der Waals surface area contributed by atoms with Gasteiger partial charge in [-0.2, -0.15) is 5.26 Å². The molecule has 0 spiro atoms. The Morgan fingerprint density at radius 2 is 1.96 bits per heavy atom. The van der Waals surface area contributed by atoms with Gasteiger partial charge in [-0.05, 0) is 23.8 Å². The van der Waals surface area contributed by atoms with E-state index in [-0.39, 0.29) is 0 Å². The van der Waals surface area contributed by atoms with Crippen LogP contribution in [0.15, 0.2) is 36.4 Å². The maximum Gasteiger partial charge on any atom is 0.244 e. The van der Waals surface area contributed by atoms with Crippen LogP contribution in [-0.4, -0.2) is 19.1 Å². The lowest BCUT2D eigenvalue weighted by Gasteiger charge is -2.22. The summed E-state index contributed by atoms with van der Waals surface area (Å²) < 4.78 is 11.0. The molecule has 122 valence electrons. The number of amides is 1. The van der Waals surface area contributed by atoms with Crippen LogP contribution in [0.2, 0.25) is 5.02 Å². The maximum atomic E-state index is 11.8. The molecule has 2 aromatic rings. The molecule has 3 rings (SSSR count). The van der Waals surface area contributed by atoms with Gasteiger partial charge in [0.05, 0.1) is 16.7 Å². The molecule has 24 heavy (non-hydrogen) atoms. The van der Waals surface area contributed by atoms with Crippen LogP contribution in [0.3, 0.4) is 0 Å². The van der Waals surface area contributed by atoms with Crippen molar-refractivity contribution in [1.29, 1.82) is 5.26 Å². The summed E-state index contributed by atoms with van der Waals surface area (Å²) >= 11 is 6.20. The number of nitrogens with one attached hydrogen (secondary N) is 1.